The normalized spacial score (nSPS) is 17.7. The monoisotopic (exact) mass is 314 g/mol. The minimum Gasteiger partial charge on any atom is -0.755 e. The van der Waals surface area contributed by atoms with Crippen molar-refractivity contribution in [2.75, 3.05) is 19.6 Å². The van der Waals surface area contributed by atoms with Gasteiger partial charge in [0, 0.05) is 19.3 Å². The fraction of sp³-hybridized carbons (Fsp3) is 0.500. The molecule has 1 amide bonds. The van der Waals surface area contributed by atoms with Crippen LogP contribution in [-0.4, -0.2) is 54.3 Å². The van der Waals surface area contributed by atoms with Gasteiger partial charge in [-0.05, 0) is 30.4 Å². The van der Waals surface area contributed by atoms with Gasteiger partial charge in [0.05, 0.1) is 17.8 Å². The van der Waals surface area contributed by atoms with Crippen molar-refractivity contribution < 1.29 is 23.5 Å². The zero-order valence-corrected chi connectivity index (χ0v) is 12.0. The van der Waals surface area contributed by atoms with Gasteiger partial charge in [-0.1, -0.05) is 0 Å². The number of nitrogens with zero attached hydrogens (tertiary/aromatic N) is 2. The number of aromatic carboxylic acids is 1. The fourth-order valence-corrected chi connectivity index (χ4v) is 3.16. The Hall–Kier alpha value is -1.71. The quantitative estimate of drug-likeness (QED) is 0.720. The molecule has 1 aromatic heterocycles. The topological polar surface area (TPSA) is 129 Å². The van der Waals surface area contributed by atoms with E-state index in [1.807, 2.05) is 0 Å². The van der Waals surface area contributed by atoms with Gasteiger partial charge < -0.3 is 20.3 Å². The average molecular weight is 314 g/mol. The van der Waals surface area contributed by atoms with E-state index in [4.69, 9.17) is 5.73 Å². The Morgan fingerprint density at radius 2 is 2.05 bits per heavy atom. The molecule has 8 nitrogen and oxygen atoms in total. The van der Waals surface area contributed by atoms with Crippen LogP contribution in [0.5, 0.6) is 0 Å². The molecule has 0 aromatic carbocycles. The van der Waals surface area contributed by atoms with Crippen molar-refractivity contribution in [3.8, 4) is 0 Å². The number of piperidine rings is 1. The Labute approximate surface area is 123 Å². The third kappa shape index (κ3) is 3.14. The Bertz CT molecular complexity index is 577. The molecule has 1 aliphatic rings. The summed E-state index contributed by atoms with van der Waals surface area (Å²) in [4.78, 5) is 24.4. The lowest BCUT2D eigenvalue weighted by atomic mass is 9.89. The Morgan fingerprint density at radius 1 is 1.43 bits per heavy atom. The van der Waals surface area contributed by atoms with Crippen LogP contribution in [0.1, 0.15) is 34.8 Å². The molecule has 0 spiro atoms. The molecule has 0 aliphatic carbocycles. The maximum Gasteiger partial charge on any atom is 0.353 e. The highest BCUT2D eigenvalue weighted by Crippen LogP contribution is 2.31. The number of aromatic nitrogens is 1. The average Bonchev–Trinajstić information content (AvgIpc) is 2.91. The Morgan fingerprint density at radius 3 is 2.52 bits per heavy atom. The van der Waals surface area contributed by atoms with E-state index in [9.17, 15) is 23.5 Å². The molecule has 1 atom stereocenters. The molecule has 1 aromatic rings. The van der Waals surface area contributed by atoms with Crippen LogP contribution in [0.15, 0.2) is 12.3 Å². The van der Waals surface area contributed by atoms with E-state index in [1.165, 1.54) is 12.3 Å². The molecule has 1 aliphatic heterocycles. The molecule has 2 rings (SSSR count). The number of likely N-dealkylation sites (tertiary alicyclic amines) is 1. The maximum atomic E-state index is 11.5. The summed E-state index contributed by atoms with van der Waals surface area (Å²) in [5.74, 6) is -1.49. The molecule has 0 radical (unpaired) electrons. The van der Waals surface area contributed by atoms with E-state index < -0.39 is 17.2 Å². The lowest BCUT2D eigenvalue weighted by Gasteiger charge is -2.32. The first-order chi connectivity index (χ1) is 9.95. The molecular weight excluding hydrogens is 298 g/mol. The van der Waals surface area contributed by atoms with Gasteiger partial charge in [0.1, 0.15) is 5.69 Å². The molecule has 2 heterocycles. The number of hydrogen-bond donors (Lipinski definition) is 2. The Balaban J connectivity index is 2.19. The molecule has 0 saturated carbocycles. The van der Waals surface area contributed by atoms with E-state index in [2.05, 4.69) is 0 Å². The van der Waals surface area contributed by atoms with Crippen LogP contribution in [0.4, 0.5) is 0 Å². The molecule has 3 N–H and O–H groups in total. The molecule has 1 saturated heterocycles. The minimum atomic E-state index is -2.66. The first kappa shape index (κ1) is 15.7. The van der Waals surface area contributed by atoms with Crippen LogP contribution in [0.2, 0.25) is 0 Å². The summed E-state index contributed by atoms with van der Waals surface area (Å²) in [6, 6.07) is 1.52. The number of rotatable bonds is 4. The molecule has 9 heteroatoms. The van der Waals surface area contributed by atoms with Crippen molar-refractivity contribution in [2.24, 2.45) is 5.73 Å². The standard InChI is InChI=1S/C12H17N3O5S/c13-7-10(16)14-4-1-8(2-5-14)9-3-6-15(21(19)20)11(9)12(17)18/h3,6,8H,1-2,4-5,7,13H2,(H,17,18)(H,19,20)/p-1. The number of carbonyl (C=O) groups is 2. The van der Waals surface area contributed by atoms with Gasteiger partial charge in [0.25, 0.3) is 0 Å². The van der Waals surface area contributed by atoms with E-state index in [0.717, 1.165) is 3.97 Å². The van der Waals surface area contributed by atoms with Gasteiger partial charge in [0.2, 0.25) is 5.91 Å². The smallest absolute Gasteiger partial charge is 0.353 e. The summed E-state index contributed by atoms with van der Waals surface area (Å²) in [6.45, 7) is 0.938. The molecule has 116 valence electrons. The lowest BCUT2D eigenvalue weighted by molar-refractivity contribution is -0.130. The highest BCUT2D eigenvalue weighted by atomic mass is 32.2. The highest BCUT2D eigenvalue weighted by Gasteiger charge is 2.28. The number of carboxylic acids is 1. The first-order valence-electron chi connectivity index (χ1n) is 6.47. The molecule has 1 unspecified atom stereocenters. The zero-order chi connectivity index (χ0) is 15.6. The van der Waals surface area contributed by atoms with E-state index in [-0.39, 0.29) is 24.1 Å². The molecule has 21 heavy (non-hydrogen) atoms. The minimum absolute atomic E-state index is 0.0451. The van der Waals surface area contributed by atoms with Gasteiger partial charge in [-0.3, -0.25) is 13.0 Å². The predicted molar refractivity (Wildman–Crippen MR) is 73.3 cm³/mol. The SMILES string of the molecule is NCC(=O)N1CCC(c2ccn(S(=O)[O-])c2C(=O)O)CC1. The summed E-state index contributed by atoms with van der Waals surface area (Å²) in [5.41, 5.74) is 5.57. The first-order valence-corrected chi connectivity index (χ1v) is 7.51. The highest BCUT2D eigenvalue weighted by molar-refractivity contribution is 7.77. The number of carbonyl (C=O) groups excluding carboxylic acids is 1. The number of carboxylic acid groups (broad SMARTS) is 1. The van der Waals surface area contributed by atoms with Gasteiger partial charge in [-0.2, -0.15) is 0 Å². The summed E-state index contributed by atoms with van der Waals surface area (Å²) in [5, 5.41) is 9.22. The summed E-state index contributed by atoms with van der Waals surface area (Å²) in [6.07, 6.45) is 2.41. The second-order valence-corrected chi connectivity index (χ2v) is 5.65. The van der Waals surface area contributed by atoms with Gasteiger partial charge in [-0.15, -0.1) is 0 Å². The van der Waals surface area contributed by atoms with E-state index in [1.54, 1.807) is 4.90 Å². The van der Waals surface area contributed by atoms with Crippen LogP contribution < -0.4 is 5.73 Å². The summed E-state index contributed by atoms with van der Waals surface area (Å²) >= 11 is -2.66. The molecular formula is C12H16N3O5S-. The Kier molecular flexibility index (Phi) is 4.76. The van der Waals surface area contributed by atoms with Crippen molar-refractivity contribution in [2.45, 2.75) is 18.8 Å². The second kappa shape index (κ2) is 6.37. The number of nitrogens with two attached hydrogens (primary N) is 1. The van der Waals surface area contributed by atoms with Crippen molar-refractivity contribution >= 4 is 23.1 Å². The van der Waals surface area contributed by atoms with Crippen molar-refractivity contribution in [3.05, 3.63) is 23.5 Å². The van der Waals surface area contributed by atoms with Crippen LogP contribution >= 0.6 is 0 Å². The zero-order valence-electron chi connectivity index (χ0n) is 11.2. The number of amides is 1. The predicted octanol–water partition coefficient (Wildman–Crippen LogP) is -0.507. The van der Waals surface area contributed by atoms with Crippen molar-refractivity contribution in [1.29, 1.82) is 0 Å². The van der Waals surface area contributed by atoms with E-state index in [0.29, 0.717) is 31.5 Å². The largest absolute Gasteiger partial charge is 0.755 e. The van der Waals surface area contributed by atoms with Crippen LogP contribution in [-0.2, 0) is 16.1 Å². The molecule has 1 fully saturated rings. The van der Waals surface area contributed by atoms with Gasteiger partial charge in [-0.25, -0.2) is 4.79 Å². The van der Waals surface area contributed by atoms with Crippen molar-refractivity contribution in [3.63, 3.8) is 0 Å². The molecule has 0 bridgehead atoms. The van der Waals surface area contributed by atoms with Crippen molar-refractivity contribution in [1.82, 2.24) is 8.87 Å². The fourth-order valence-electron chi connectivity index (χ4n) is 2.67. The van der Waals surface area contributed by atoms with Gasteiger partial charge in [0.15, 0.2) is 0 Å². The van der Waals surface area contributed by atoms with Crippen LogP contribution in [0, 0.1) is 0 Å². The van der Waals surface area contributed by atoms with Gasteiger partial charge >= 0.3 is 5.97 Å². The summed E-state index contributed by atoms with van der Waals surface area (Å²) < 4.78 is 22.8. The van der Waals surface area contributed by atoms with Crippen LogP contribution in [0.3, 0.4) is 0 Å². The maximum absolute atomic E-state index is 11.5. The second-order valence-electron chi connectivity index (χ2n) is 4.83. The van der Waals surface area contributed by atoms with E-state index >= 15 is 0 Å². The lowest BCUT2D eigenvalue weighted by Crippen LogP contribution is -2.41. The summed E-state index contributed by atoms with van der Waals surface area (Å²) in [7, 11) is 0. The third-order valence-electron chi connectivity index (χ3n) is 3.71. The number of hydrogen-bond acceptors (Lipinski definition) is 5. The third-order valence-corrected chi connectivity index (χ3v) is 4.33. The van der Waals surface area contributed by atoms with Crippen LogP contribution in [0.25, 0.3) is 0 Å².